The number of hydrogen-bond donors (Lipinski definition) is 5. The lowest BCUT2D eigenvalue weighted by Gasteiger charge is -2.50. The van der Waals surface area contributed by atoms with E-state index in [0.717, 1.165) is 26.2 Å². The van der Waals surface area contributed by atoms with E-state index in [1.807, 2.05) is 27.7 Å². The van der Waals surface area contributed by atoms with Crippen LogP contribution in [-0.2, 0) is 0 Å². The number of nitrogens with zero attached hydrogens (tertiary/aromatic N) is 1. The second kappa shape index (κ2) is 7.98. The number of hydrogen-bond acceptors (Lipinski definition) is 6. The van der Waals surface area contributed by atoms with Crippen LogP contribution in [0.3, 0.4) is 0 Å². The van der Waals surface area contributed by atoms with Gasteiger partial charge in [0.1, 0.15) is 0 Å². The predicted molar refractivity (Wildman–Crippen MR) is 98.2 cm³/mol. The van der Waals surface area contributed by atoms with Crippen molar-refractivity contribution in [2.45, 2.75) is 76.7 Å². The highest BCUT2D eigenvalue weighted by Gasteiger charge is 2.45. The fourth-order valence-corrected chi connectivity index (χ4v) is 3.92. The second-order valence-corrected chi connectivity index (χ2v) is 9.36. The molecule has 0 bridgehead atoms. The summed E-state index contributed by atoms with van der Waals surface area (Å²) in [5.74, 6) is 0. The van der Waals surface area contributed by atoms with E-state index in [-0.39, 0.29) is 0 Å². The van der Waals surface area contributed by atoms with Crippen LogP contribution in [0, 0.1) is 0 Å². The van der Waals surface area contributed by atoms with Gasteiger partial charge in [-0.1, -0.05) is 0 Å². The van der Waals surface area contributed by atoms with Crippen LogP contribution < -0.4 is 10.6 Å². The lowest BCUT2D eigenvalue weighted by molar-refractivity contribution is -0.0808. The highest BCUT2D eigenvalue weighted by atomic mass is 16.3. The van der Waals surface area contributed by atoms with Gasteiger partial charge in [0, 0.05) is 44.8 Å². The Hall–Kier alpha value is -0.240. The molecule has 1 saturated heterocycles. The third-order valence-corrected chi connectivity index (χ3v) is 4.26. The quantitative estimate of drug-likeness (QED) is 0.476. The molecular weight excluding hydrogens is 306 g/mol. The molecule has 0 amide bonds. The summed E-state index contributed by atoms with van der Waals surface area (Å²) in [6.45, 7) is 15.3. The maximum atomic E-state index is 10.6. The molecule has 6 nitrogen and oxygen atoms in total. The molecule has 6 heteroatoms. The van der Waals surface area contributed by atoms with Crippen molar-refractivity contribution in [1.82, 2.24) is 15.5 Å². The van der Waals surface area contributed by atoms with E-state index >= 15 is 0 Å². The molecule has 1 aliphatic rings. The first-order chi connectivity index (χ1) is 10.7. The lowest BCUT2D eigenvalue weighted by atomic mass is 9.76. The van der Waals surface area contributed by atoms with Crippen molar-refractivity contribution in [3.63, 3.8) is 0 Å². The van der Waals surface area contributed by atoms with Crippen LogP contribution in [0.2, 0.25) is 0 Å². The van der Waals surface area contributed by atoms with E-state index in [0.29, 0.717) is 25.9 Å². The molecule has 0 aliphatic carbocycles. The van der Waals surface area contributed by atoms with Gasteiger partial charge in [-0.3, -0.25) is 4.90 Å². The fraction of sp³-hybridized carbons (Fsp3) is 1.00. The van der Waals surface area contributed by atoms with Crippen LogP contribution in [0.5, 0.6) is 0 Å². The third kappa shape index (κ3) is 8.23. The van der Waals surface area contributed by atoms with Gasteiger partial charge in [-0.05, 0) is 54.4 Å². The minimum atomic E-state index is -0.869. The van der Waals surface area contributed by atoms with E-state index in [4.69, 9.17) is 0 Å². The maximum absolute atomic E-state index is 10.6. The van der Waals surface area contributed by atoms with E-state index in [1.165, 1.54) is 0 Å². The van der Waals surface area contributed by atoms with Gasteiger partial charge in [0.15, 0.2) is 0 Å². The summed E-state index contributed by atoms with van der Waals surface area (Å²) in [4.78, 5) is 2.24. The van der Waals surface area contributed by atoms with Gasteiger partial charge in [0.2, 0.25) is 0 Å². The molecule has 1 heterocycles. The zero-order valence-corrected chi connectivity index (χ0v) is 16.4. The largest absolute Gasteiger partial charge is 0.390 e. The maximum Gasteiger partial charge on any atom is 0.0718 e. The SMILES string of the molecule is CC(C)(O)CN1CCNCCNCC1(CC(C)(C)O)CC(C)(C)O. The van der Waals surface area contributed by atoms with Gasteiger partial charge in [-0.25, -0.2) is 0 Å². The standard InChI is InChI=1S/C18H39N3O3/c1-15(2,22)11-18(12-16(3,4)23)13-20-8-7-19-9-10-21(18)14-17(5,6)24/h19-20,22-24H,7-14H2,1-6H3. The van der Waals surface area contributed by atoms with Gasteiger partial charge in [-0.2, -0.15) is 0 Å². The topological polar surface area (TPSA) is 88.0 Å². The Morgan fingerprint density at radius 3 is 1.75 bits per heavy atom. The summed E-state index contributed by atoms with van der Waals surface area (Å²) in [6, 6.07) is 0. The molecule has 144 valence electrons. The van der Waals surface area contributed by atoms with Crippen LogP contribution >= 0.6 is 0 Å². The minimum absolute atomic E-state index is 0.442. The highest BCUT2D eigenvalue weighted by molar-refractivity contribution is 5.02. The molecule has 0 radical (unpaired) electrons. The molecule has 1 rings (SSSR count). The van der Waals surface area contributed by atoms with Crippen molar-refractivity contribution >= 4 is 0 Å². The smallest absolute Gasteiger partial charge is 0.0718 e. The summed E-state index contributed by atoms with van der Waals surface area (Å²) in [5, 5.41) is 38.4. The van der Waals surface area contributed by atoms with E-state index in [1.54, 1.807) is 13.8 Å². The average molecular weight is 346 g/mol. The molecular formula is C18H39N3O3. The molecule has 0 aromatic carbocycles. The van der Waals surface area contributed by atoms with Crippen molar-refractivity contribution in [2.24, 2.45) is 0 Å². The van der Waals surface area contributed by atoms with Gasteiger partial charge in [0.25, 0.3) is 0 Å². The predicted octanol–water partition coefficient (Wildman–Crippen LogP) is 0.313. The molecule has 1 fully saturated rings. The Balaban J connectivity index is 3.26. The average Bonchev–Trinajstić information content (AvgIpc) is 2.37. The Bertz CT molecular complexity index is 364. The molecule has 0 unspecified atom stereocenters. The van der Waals surface area contributed by atoms with Crippen molar-refractivity contribution in [3.05, 3.63) is 0 Å². The second-order valence-electron chi connectivity index (χ2n) is 9.36. The fourth-order valence-electron chi connectivity index (χ4n) is 3.92. The Morgan fingerprint density at radius 1 is 0.792 bits per heavy atom. The normalized spacial score (nSPS) is 21.9. The molecule has 0 aromatic rings. The van der Waals surface area contributed by atoms with E-state index in [9.17, 15) is 15.3 Å². The number of β-amino-alcohol motifs (C(OH)–C–C–N with tert-alkyl or cyclic N) is 1. The number of aliphatic hydroxyl groups is 3. The Kier molecular flexibility index (Phi) is 7.24. The molecule has 0 saturated carbocycles. The molecule has 1 aliphatic heterocycles. The Labute approximate surface area is 147 Å². The van der Waals surface area contributed by atoms with Crippen LogP contribution in [-0.4, -0.2) is 81.8 Å². The van der Waals surface area contributed by atoms with Crippen molar-refractivity contribution in [2.75, 3.05) is 39.3 Å². The third-order valence-electron chi connectivity index (χ3n) is 4.26. The number of nitrogens with one attached hydrogen (secondary N) is 2. The summed E-state index contributed by atoms with van der Waals surface area (Å²) >= 11 is 0. The monoisotopic (exact) mass is 345 g/mol. The molecule has 5 N–H and O–H groups in total. The first-order valence-electron chi connectivity index (χ1n) is 9.06. The molecule has 0 spiro atoms. The van der Waals surface area contributed by atoms with Crippen molar-refractivity contribution in [3.8, 4) is 0 Å². The van der Waals surface area contributed by atoms with Gasteiger partial charge in [0.05, 0.1) is 16.8 Å². The van der Waals surface area contributed by atoms with Crippen LogP contribution in [0.1, 0.15) is 54.4 Å². The zero-order chi connectivity index (χ0) is 18.6. The summed E-state index contributed by atoms with van der Waals surface area (Å²) in [6.07, 6.45) is 1.04. The summed E-state index contributed by atoms with van der Waals surface area (Å²) in [5.41, 5.74) is -3.03. The number of rotatable bonds is 6. The van der Waals surface area contributed by atoms with E-state index in [2.05, 4.69) is 15.5 Å². The molecule has 24 heavy (non-hydrogen) atoms. The summed E-state index contributed by atoms with van der Waals surface area (Å²) in [7, 11) is 0. The first-order valence-corrected chi connectivity index (χ1v) is 9.06. The minimum Gasteiger partial charge on any atom is -0.390 e. The highest BCUT2D eigenvalue weighted by Crippen LogP contribution is 2.35. The van der Waals surface area contributed by atoms with Crippen LogP contribution in [0.25, 0.3) is 0 Å². The van der Waals surface area contributed by atoms with Crippen LogP contribution in [0.15, 0.2) is 0 Å². The first kappa shape index (κ1) is 21.8. The lowest BCUT2D eigenvalue weighted by Crippen LogP contribution is -2.63. The van der Waals surface area contributed by atoms with Gasteiger partial charge >= 0.3 is 0 Å². The van der Waals surface area contributed by atoms with Crippen molar-refractivity contribution < 1.29 is 15.3 Å². The van der Waals surface area contributed by atoms with Gasteiger partial charge in [-0.15, -0.1) is 0 Å². The van der Waals surface area contributed by atoms with Crippen LogP contribution in [0.4, 0.5) is 0 Å². The molecule has 0 atom stereocenters. The van der Waals surface area contributed by atoms with Gasteiger partial charge < -0.3 is 26.0 Å². The molecule has 0 aromatic heterocycles. The van der Waals surface area contributed by atoms with E-state index < -0.39 is 22.3 Å². The Morgan fingerprint density at radius 2 is 1.29 bits per heavy atom. The van der Waals surface area contributed by atoms with Crippen molar-refractivity contribution in [1.29, 1.82) is 0 Å². The zero-order valence-electron chi connectivity index (χ0n) is 16.4. The summed E-state index contributed by atoms with van der Waals surface area (Å²) < 4.78 is 0.